The molecule has 5 heteroatoms. The van der Waals surface area contributed by atoms with E-state index in [0.29, 0.717) is 11.3 Å². The number of carbonyl (C=O) groups excluding carboxylic acids is 3. The third-order valence-corrected chi connectivity index (χ3v) is 6.92. The average Bonchev–Trinajstić information content (AvgIpc) is 3.33. The van der Waals surface area contributed by atoms with Crippen LogP contribution in [0, 0.1) is 32.6 Å². The zero-order valence-electron chi connectivity index (χ0n) is 17.6. The molecule has 0 radical (unpaired) electrons. The molecule has 3 aliphatic rings. The molecular weight excluding hydrogens is 376 g/mol. The molecule has 0 saturated carbocycles. The van der Waals surface area contributed by atoms with Crippen LogP contribution in [0.4, 0.5) is 5.69 Å². The van der Waals surface area contributed by atoms with Gasteiger partial charge in [0, 0.05) is 11.6 Å². The molecule has 5 nitrogen and oxygen atoms in total. The van der Waals surface area contributed by atoms with Crippen LogP contribution in [-0.2, 0) is 9.59 Å². The maximum absolute atomic E-state index is 13.6. The lowest BCUT2D eigenvalue weighted by molar-refractivity contribution is -0.123. The van der Waals surface area contributed by atoms with Crippen LogP contribution in [0.5, 0.6) is 0 Å². The first kappa shape index (κ1) is 19.2. The molecule has 2 aromatic rings. The van der Waals surface area contributed by atoms with Crippen molar-refractivity contribution in [3.05, 3.63) is 64.7 Å². The first-order chi connectivity index (χ1) is 14.4. The summed E-state index contributed by atoms with van der Waals surface area (Å²) >= 11 is 0. The zero-order valence-corrected chi connectivity index (χ0v) is 17.6. The predicted octanol–water partition coefficient (Wildman–Crippen LogP) is 3.45. The lowest BCUT2D eigenvalue weighted by Gasteiger charge is -2.27. The average molecular weight is 402 g/mol. The van der Waals surface area contributed by atoms with E-state index in [2.05, 4.69) is 4.90 Å². The Balaban J connectivity index is 1.56. The third kappa shape index (κ3) is 2.76. The van der Waals surface area contributed by atoms with Gasteiger partial charge in [-0.05, 0) is 63.4 Å². The molecule has 3 saturated heterocycles. The standard InChI is InChI=1S/C25H26N2O3/c1-14-6-8-17(9-7-14)23(28)22-21-20(19-5-4-10-26(19)22)24(29)27(25(21)30)18-12-15(2)11-16(3)13-18/h6-9,11-13,19-22H,4-5,10H2,1-3H3. The quantitative estimate of drug-likeness (QED) is 0.583. The van der Waals surface area contributed by atoms with Crippen molar-refractivity contribution in [3.8, 4) is 0 Å². The van der Waals surface area contributed by atoms with Crippen molar-refractivity contribution < 1.29 is 14.4 Å². The van der Waals surface area contributed by atoms with Crippen LogP contribution in [0.1, 0.15) is 39.9 Å². The molecule has 0 aliphatic carbocycles. The molecule has 3 fully saturated rings. The van der Waals surface area contributed by atoms with Crippen LogP contribution < -0.4 is 4.90 Å². The summed E-state index contributed by atoms with van der Waals surface area (Å²) in [6.07, 6.45) is 1.81. The first-order valence-electron chi connectivity index (χ1n) is 10.7. The molecule has 0 spiro atoms. The predicted molar refractivity (Wildman–Crippen MR) is 114 cm³/mol. The molecule has 0 aromatic heterocycles. The van der Waals surface area contributed by atoms with E-state index in [1.807, 2.05) is 63.2 Å². The van der Waals surface area contributed by atoms with Crippen molar-refractivity contribution >= 4 is 23.3 Å². The van der Waals surface area contributed by atoms with E-state index in [1.54, 1.807) is 0 Å². The number of carbonyl (C=O) groups is 3. The summed E-state index contributed by atoms with van der Waals surface area (Å²) < 4.78 is 0. The minimum atomic E-state index is -0.600. The van der Waals surface area contributed by atoms with E-state index in [4.69, 9.17) is 0 Å². The van der Waals surface area contributed by atoms with Crippen LogP contribution in [0.3, 0.4) is 0 Å². The van der Waals surface area contributed by atoms with Crippen LogP contribution >= 0.6 is 0 Å². The molecule has 2 amide bonds. The first-order valence-corrected chi connectivity index (χ1v) is 10.7. The molecule has 154 valence electrons. The monoisotopic (exact) mass is 402 g/mol. The summed E-state index contributed by atoms with van der Waals surface area (Å²) in [6, 6.07) is 12.7. The zero-order chi connectivity index (χ0) is 21.2. The second kappa shape index (κ2) is 6.88. The molecule has 0 bridgehead atoms. The van der Waals surface area contributed by atoms with Crippen molar-refractivity contribution in [2.24, 2.45) is 11.8 Å². The van der Waals surface area contributed by atoms with E-state index >= 15 is 0 Å². The minimum Gasteiger partial charge on any atom is -0.292 e. The van der Waals surface area contributed by atoms with Crippen molar-refractivity contribution in [3.63, 3.8) is 0 Å². The molecule has 3 heterocycles. The van der Waals surface area contributed by atoms with Gasteiger partial charge in [-0.25, -0.2) is 4.90 Å². The number of ketones is 1. The van der Waals surface area contributed by atoms with Gasteiger partial charge in [0.05, 0.1) is 23.6 Å². The van der Waals surface area contributed by atoms with E-state index in [9.17, 15) is 14.4 Å². The van der Waals surface area contributed by atoms with E-state index in [-0.39, 0.29) is 23.6 Å². The Morgan fingerprint density at radius 2 is 1.50 bits per heavy atom. The second-order valence-electron chi connectivity index (χ2n) is 9.03. The number of fused-ring (bicyclic) bond motifs is 3. The van der Waals surface area contributed by atoms with Crippen LogP contribution in [0.2, 0.25) is 0 Å². The molecule has 30 heavy (non-hydrogen) atoms. The Morgan fingerprint density at radius 3 is 2.17 bits per heavy atom. The topological polar surface area (TPSA) is 57.7 Å². The van der Waals surface area contributed by atoms with Gasteiger partial charge < -0.3 is 0 Å². The fourth-order valence-electron chi connectivity index (χ4n) is 5.74. The van der Waals surface area contributed by atoms with Gasteiger partial charge in [-0.3, -0.25) is 19.3 Å². The highest BCUT2D eigenvalue weighted by molar-refractivity contribution is 6.24. The molecule has 4 unspecified atom stereocenters. The number of aryl methyl sites for hydroxylation is 3. The van der Waals surface area contributed by atoms with Gasteiger partial charge in [-0.2, -0.15) is 0 Å². The Bertz CT molecular complexity index is 1040. The number of imide groups is 1. The summed E-state index contributed by atoms with van der Waals surface area (Å²) in [5.74, 6) is -1.45. The molecule has 3 aliphatic heterocycles. The Morgan fingerprint density at radius 1 is 0.867 bits per heavy atom. The molecule has 2 aromatic carbocycles. The van der Waals surface area contributed by atoms with E-state index in [0.717, 1.165) is 36.1 Å². The maximum Gasteiger partial charge on any atom is 0.239 e. The number of benzene rings is 2. The summed E-state index contributed by atoms with van der Waals surface area (Å²) in [5.41, 5.74) is 4.35. The van der Waals surface area contributed by atoms with Gasteiger partial charge in [-0.15, -0.1) is 0 Å². The van der Waals surface area contributed by atoms with Gasteiger partial charge in [-0.1, -0.05) is 35.9 Å². The van der Waals surface area contributed by atoms with Crippen molar-refractivity contribution in [1.29, 1.82) is 0 Å². The summed E-state index contributed by atoms with van der Waals surface area (Å²) in [7, 11) is 0. The van der Waals surface area contributed by atoms with Crippen molar-refractivity contribution in [1.82, 2.24) is 4.90 Å². The maximum atomic E-state index is 13.6. The number of rotatable bonds is 3. The number of hydrogen-bond donors (Lipinski definition) is 0. The smallest absolute Gasteiger partial charge is 0.239 e. The summed E-state index contributed by atoms with van der Waals surface area (Å²) in [4.78, 5) is 44.1. The van der Waals surface area contributed by atoms with E-state index in [1.165, 1.54) is 4.90 Å². The normalized spacial score (nSPS) is 28.2. The Kier molecular flexibility index (Phi) is 4.40. The number of anilines is 1. The highest BCUT2D eigenvalue weighted by Gasteiger charge is 2.64. The lowest BCUT2D eigenvalue weighted by Crippen LogP contribution is -2.46. The van der Waals surface area contributed by atoms with Gasteiger partial charge in [0.1, 0.15) is 0 Å². The van der Waals surface area contributed by atoms with Gasteiger partial charge in [0.25, 0.3) is 0 Å². The minimum absolute atomic E-state index is 0.0262. The summed E-state index contributed by atoms with van der Waals surface area (Å²) in [5, 5.41) is 0. The SMILES string of the molecule is Cc1ccc(C(=O)C2C3C(=O)N(c4cc(C)cc(C)c4)C(=O)C3C3CCCN32)cc1. The number of amides is 2. The van der Waals surface area contributed by atoms with Gasteiger partial charge >= 0.3 is 0 Å². The van der Waals surface area contributed by atoms with Gasteiger partial charge in [0.2, 0.25) is 11.8 Å². The van der Waals surface area contributed by atoms with Crippen LogP contribution in [-0.4, -0.2) is 41.1 Å². The fourth-order valence-corrected chi connectivity index (χ4v) is 5.74. The second-order valence-corrected chi connectivity index (χ2v) is 9.03. The highest BCUT2D eigenvalue weighted by Crippen LogP contribution is 2.48. The van der Waals surface area contributed by atoms with E-state index < -0.39 is 17.9 Å². The number of Topliss-reactive ketones (excluding diaryl/α,β-unsaturated/α-hetero) is 1. The van der Waals surface area contributed by atoms with Crippen LogP contribution in [0.15, 0.2) is 42.5 Å². The van der Waals surface area contributed by atoms with Gasteiger partial charge in [0.15, 0.2) is 5.78 Å². The highest BCUT2D eigenvalue weighted by atomic mass is 16.2. The third-order valence-electron chi connectivity index (χ3n) is 6.92. The fraction of sp³-hybridized carbons (Fsp3) is 0.400. The van der Waals surface area contributed by atoms with Crippen LogP contribution in [0.25, 0.3) is 0 Å². The lowest BCUT2D eigenvalue weighted by atomic mass is 9.85. The number of hydrogen-bond acceptors (Lipinski definition) is 4. The Labute approximate surface area is 176 Å². The molecular formula is C25H26N2O3. The van der Waals surface area contributed by atoms with Crippen molar-refractivity contribution in [2.75, 3.05) is 11.4 Å². The number of nitrogens with zero attached hydrogens (tertiary/aromatic N) is 2. The largest absolute Gasteiger partial charge is 0.292 e. The molecule has 4 atom stereocenters. The summed E-state index contributed by atoms with van der Waals surface area (Å²) in [6.45, 7) is 6.68. The Hall–Kier alpha value is -2.79. The molecule has 5 rings (SSSR count). The molecule has 0 N–H and O–H groups in total. The van der Waals surface area contributed by atoms with Crippen molar-refractivity contribution in [2.45, 2.75) is 45.7 Å².